The van der Waals surface area contributed by atoms with Gasteiger partial charge in [-0.15, -0.1) is 0 Å². The van der Waals surface area contributed by atoms with Crippen LogP contribution in [0.1, 0.15) is 0 Å². The van der Waals surface area contributed by atoms with Crippen LogP contribution >= 0.6 is 6.72 Å². The van der Waals surface area contributed by atoms with E-state index in [-0.39, 0.29) is 0 Å². The Labute approximate surface area is 82.1 Å². The second-order valence-corrected chi connectivity index (χ2v) is 5.22. The Kier molecular flexibility index (Phi) is 3.81. The Morgan fingerprint density at radius 1 is 1.31 bits per heavy atom. The van der Waals surface area contributed by atoms with Gasteiger partial charge in [-0.2, -0.15) is 0 Å². The van der Waals surface area contributed by atoms with E-state index in [2.05, 4.69) is 4.98 Å². The van der Waals surface area contributed by atoms with Gasteiger partial charge in [0, 0.05) is 38.3 Å². The van der Waals surface area contributed by atoms with Gasteiger partial charge in [-0.05, 0) is 6.07 Å². The van der Waals surface area contributed by atoms with Gasteiger partial charge in [0.25, 0.3) is 0 Å². The first kappa shape index (κ1) is 10.6. The Morgan fingerprint density at radius 3 is 2.46 bits per heavy atom. The standard InChI is InChI=1S/C7H10NO3PS/c1-9-12(13,10-2)11-7-5-3-4-6-8-7/h3-6H,1-2H3. The van der Waals surface area contributed by atoms with Crippen LogP contribution in [0, 0.1) is 0 Å². The van der Waals surface area contributed by atoms with E-state index in [4.69, 9.17) is 25.4 Å². The molecule has 1 heterocycles. The molecule has 4 nitrogen and oxygen atoms in total. The summed E-state index contributed by atoms with van der Waals surface area (Å²) in [6.45, 7) is -2.63. The third-order valence-electron chi connectivity index (χ3n) is 1.29. The second-order valence-electron chi connectivity index (χ2n) is 2.07. The first-order valence-electron chi connectivity index (χ1n) is 3.52. The fraction of sp³-hybridized carbons (Fsp3) is 0.286. The van der Waals surface area contributed by atoms with Crippen LogP contribution < -0.4 is 4.52 Å². The Bertz CT molecular complexity index is 298. The van der Waals surface area contributed by atoms with Crippen LogP contribution in [0.2, 0.25) is 0 Å². The van der Waals surface area contributed by atoms with Crippen molar-refractivity contribution in [2.75, 3.05) is 14.2 Å². The molecule has 0 spiro atoms. The summed E-state index contributed by atoms with van der Waals surface area (Å²) in [5.41, 5.74) is 0. The molecule has 13 heavy (non-hydrogen) atoms. The van der Waals surface area contributed by atoms with E-state index >= 15 is 0 Å². The lowest BCUT2D eigenvalue weighted by atomic mass is 10.5. The summed E-state index contributed by atoms with van der Waals surface area (Å²) in [5.74, 6) is 0.412. The quantitative estimate of drug-likeness (QED) is 0.724. The number of rotatable bonds is 4. The molecule has 0 radical (unpaired) electrons. The zero-order valence-corrected chi connectivity index (χ0v) is 9.05. The SMILES string of the molecule is COP(=S)(OC)Oc1ccccn1. The van der Waals surface area contributed by atoms with Gasteiger partial charge < -0.3 is 13.6 Å². The maximum absolute atomic E-state index is 5.27. The van der Waals surface area contributed by atoms with E-state index in [1.807, 2.05) is 0 Å². The predicted octanol–water partition coefficient (Wildman–Crippen LogP) is 1.98. The smallest absolute Gasteiger partial charge is 0.381 e. The van der Waals surface area contributed by atoms with Gasteiger partial charge in [0.1, 0.15) is 0 Å². The Hall–Kier alpha value is -0.480. The molecule has 72 valence electrons. The molecule has 0 aliphatic rings. The summed E-state index contributed by atoms with van der Waals surface area (Å²) < 4.78 is 15.1. The van der Waals surface area contributed by atoms with Crippen LogP contribution in [0.25, 0.3) is 0 Å². The minimum Gasteiger partial charge on any atom is -0.406 e. The van der Waals surface area contributed by atoms with Crippen LogP contribution in [0.15, 0.2) is 24.4 Å². The van der Waals surface area contributed by atoms with Crippen molar-refractivity contribution in [2.45, 2.75) is 0 Å². The highest BCUT2D eigenvalue weighted by Crippen LogP contribution is 2.47. The van der Waals surface area contributed by atoms with Crippen molar-refractivity contribution in [3.05, 3.63) is 24.4 Å². The Morgan fingerprint density at radius 2 is 2.00 bits per heavy atom. The summed E-state index contributed by atoms with van der Waals surface area (Å²) in [6, 6.07) is 5.28. The van der Waals surface area contributed by atoms with E-state index in [0.717, 1.165) is 0 Å². The monoisotopic (exact) mass is 219 g/mol. The average molecular weight is 219 g/mol. The largest absolute Gasteiger partial charge is 0.406 e. The van der Waals surface area contributed by atoms with Crippen LogP contribution in [0.3, 0.4) is 0 Å². The van der Waals surface area contributed by atoms with Gasteiger partial charge in [-0.25, -0.2) is 4.98 Å². The Balaban J connectivity index is 2.74. The number of aromatic nitrogens is 1. The van der Waals surface area contributed by atoms with Crippen molar-refractivity contribution in [1.29, 1.82) is 0 Å². The molecule has 0 atom stereocenters. The second kappa shape index (κ2) is 4.67. The lowest BCUT2D eigenvalue weighted by Gasteiger charge is -2.16. The molecule has 0 aliphatic heterocycles. The molecule has 0 saturated heterocycles. The molecule has 1 aromatic heterocycles. The molecule has 1 rings (SSSR count). The third-order valence-corrected chi connectivity index (χ3v) is 3.71. The first-order chi connectivity index (χ1) is 6.20. The van der Waals surface area contributed by atoms with Crippen molar-refractivity contribution in [3.8, 4) is 5.88 Å². The normalized spacial score (nSPS) is 11.2. The lowest BCUT2D eigenvalue weighted by molar-refractivity contribution is 0.270. The summed E-state index contributed by atoms with van der Waals surface area (Å²) in [6.07, 6.45) is 1.61. The molecule has 6 heteroatoms. The van der Waals surface area contributed by atoms with Crippen LogP contribution in [0.4, 0.5) is 0 Å². The number of hydrogen-bond acceptors (Lipinski definition) is 5. The average Bonchev–Trinajstić information content (AvgIpc) is 2.19. The molecule has 0 aliphatic carbocycles. The number of nitrogens with zero attached hydrogens (tertiary/aromatic N) is 1. The summed E-state index contributed by atoms with van der Waals surface area (Å²) >= 11 is 4.99. The highest BCUT2D eigenvalue weighted by Gasteiger charge is 2.18. The van der Waals surface area contributed by atoms with E-state index in [0.29, 0.717) is 5.88 Å². The molecule has 0 unspecified atom stereocenters. The summed E-state index contributed by atoms with van der Waals surface area (Å²) in [4.78, 5) is 3.94. The minimum atomic E-state index is -2.63. The van der Waals surface area contributed by atoms with Gasteiger partial charge in [-0.1, -0.05) is 6.07 Å². The first-order valence-corrected chi connectivity index (χ1v) is 6.08. The third kappa shape index (κ3) is 3.04. The van der Waals surface area contributed by atoms with E-state index in [1.165, 1.54) is 14.2 Å². The molecular formula is C7H10NO3PS. The highest BCUT2D eigenvalue weighted by atomic mass is 32.5. The van der Waals surface area contributed by atoms with Gasteiger partial charge in [0.05, 0.1) is 0 Å². The topological polar surface area (TPSA) is 40.6 Å². The van der Waals surface area contributed by atoms with E-state index in [9.17, 15) is 0 Å². The molecule has 0 saturated carbocycles. The lowest BCUT2D eigenvalue weighted by Crippen LogP contribution is -1.97. The van der Waals surface area contributed by atoms with Crippen molar-refractivity contribution in [3.63, 3.8) is 0 Å². The molecule has 0 fully saturated rings. The number of pyridine rings is 1. The minimum absolute atomic E-state index is 0.412. The van der Waals surface area contributed by atoms with Gasteiger partial charge in [0.2, 0.25) is 5.88 Å². The fourth-order valence-corrected chi connectivity index (χ4v) is 1.53. The molecule has 0 aromatic carbocycles. The van der Waals surface area contributed by atoms with Crippen molar-refractivity contribution in [1.82, 2.24) is 4.98 Å². The van der Waals surface area contributed by atoms with Gasteiger partial charge in [0.15, 0.2) is 0 Å². The van der Waals surface area contributed by atoms with Gasteiger partial charge in [-0.3, -0.25) is 0 Å². The maximum atomic E-state index is 5.27. The fourth-order valence-electron chi connectivity index (χ4n) is 0.665. The molecule has 0 N–H and O–H groups in total. The summed E-state index contributed by atoms with van der Waals surface area (Å²) in [5, 5.41) is 0. The van der Waals surface area contributed by atoms with Crippen molar-refractivity contribution in [2.24, 2.45) is 0 Å². The van der Waals surface area contributed by atoms with Crippen LogP contribution in [0.5, 0.6) is 5.88 Å². The summed E-state index contributed by atoms with van der Waals surface area (Å²) in [7, 11) is 2.90. The molecule has 0 bridgehead atoms. The van der Waals surface area contributed by atoms with Crippen molar-refractivity contribution >= 4 is 18.5 Å². The van der Waals surface area contributed by atoms with Crippen LogP contribution in [-0.4, -0.2) is 19.2 Å². The highest BCUT2D eigenvalue weighted by molar-refractivity contribution is 8.07. The number of hydrogen-bond donors (Lipinski definition) is 0. The van der Waals surface area contributed by atoms with E-state index in [1.54, 1.807) is 24.4 Å². The molecule has 0 amide bonds. The predicted molar refractivity (Wildman–Crippen MR) is 53.2 cm³/mol. The van der Waals surface area contributed by atoms with E-state index < -0.39 is 6.72 Å². The molecular weight excluding hydrogens is 209 g/mol. The van der Waals surface area contributed by atoms with Gasteiger partial charge >= 0.3 is 6.72 Å². The van der Waals surface area contributed by atoms with Crippen molar-refractivity contribution < 1.29 is 13.6 Å². The maximum Gasteiger partial charge on any atom is 0.381 e. The zero-order chi connectivity index (χ0) is 9.73. The zero-order valence-electron chi connectivity index (χ0n) is 7.34. The van der Waals surface area contributed by atoms with Crippen LogP contribution in [-0.2, 0) is 20.9 Å². The molecule has 1 aromatic rings.